The van der Waals surface area contributed by atoms with Gasteiger partial charge in [0.1, 0.15) is 0 Å². The molecule has 0 aliphatic heterocycles. The highest BCUT2D eigenvalue weighted by Gasteiger charge is 2.08. The summed E-state index contributed by atoms with van der Waals surface area (Å²) >= 11 is 1.55. The molecule has 0 spiro atoms. The van der Waals surface area contributed by atoms with Gasteiger partial charge in [0.15, 0.2) is 0 Å². The molecule has 0 radical (unpaired) electrons. The Labute approximate surface area is 86.0 Å². The van der Waals surface area contributed by atoms with Crippen molar-refractivity contribution in [3.63, 3.8) is 0 Å². The summed E-state index contributed by atoms with van der Waals surface area (Å²) in [5.74, 6) is 0.0281. The summed E-state index contributed by atoms with van der Waals surface area (Å²) < 4.78 is 1.05. The topological polar surface area (TPSA) is 33.2 Å². The Morgan fingerprint density at radius 3 is 2.93 bits per heavy atom. The van der Waals surface area contributed by atoms with Crippen LogP contribution >= 0.6 is 11.3 Å². The predicted molar refractivity (Wildman–Crippen MR) is 57.6 cm³/mol. The van der Waals surface area contributed by atoms with Crippen LogP contribution in [0.3, 0.4) is 0 Å². The van der Waals surface area contributed by atoms with Gasteiger partial charge in [0.05, 0.1) is 15.7 Å². The largest absolute Gasteiger partial charge is 0.345 e. The van der Waals surface area contributed by atoms with Gasteiger partial charge in [-0.3, -0.25) is 4.79 Å². The maximum Gasteiger partial charge on any atom is 0.253 e. The SMILES string of the molecule is CN(C)C(=O)c1ccc2ncsc2c1. The van der Waals surface area contributed by atoms with Crippen molar-refractivity contribution >= 4 is 27.5 Å². The molecular formula is C10H10N2OS. The summed E-state index contributed by atoms with van der Waals surface area (Å²) in [4.78, 5) is 17.3. The average molecular weight is 206 g/mol. The van der Waals surface area contributed by atoms with Crippen molar-refractivity contribution in [2.45, 2.75) is 0 Å². The normalized spacial score (nSPS) is 10.4. The van der Waals surface area contributed by atoms with Crippen LogP contribution < -0.4 is 0 Å². The van der Waals surface area contributed by atoms with E-state index in [4.69, 9.17) is 0 Å². The van der Waals surface area contributed by atoms with Crippen molar-refractivity contribution in [2.24, 2.45) is 0 Å². The second-order valence-corrected chi connectivity index (χ2v) is 4.12. The van der Waals surface area contributed by atoms with Crippen LogP contribution in [0.4, 0.5) is 0 Å². The van der Waals surface area contributed by atoms with E-state index in [1.165, 1.54) is 0 Å². The number of carbonyl (C=O) groups is 1. The average Bonchev–Trinajstić information content (AvgIpc) is 2.62. The molecule has 3 nitrogen and oxygen atoms in total. The van der Waals surface area contributed by atoms with Crippen molar-refractivity contribution < 1.29 is 4.79 Å². The third kappa shape index (κ3) is 1.48. The lowest BCUT2D eigenvalue weighted by Gasteiger charge is -2.09. The minimum absolute atomic E-state index is 0.0281. The smallest absolute Gasteiger partial charge is 0.253 e. The molecule has 0 aliphatic rings. The zero-order chi connectivity index (χ0) is 10.1. The second-order valence-electron chi connectivity index (χ2n) is 3.23. The van der Waals surface area contributed by atoms with Gasteiger partial charge in [0, 0.05) is 19.7 Å². The second kappa shape index (κ2) is 3.38. The first kappa shape index (κ1) is 9.15. The van der Waals surface area contributed by atoms with Crippen LogP contribution in [0, 0.1) is 0 Å². The quantitative estimate of drug-likeness (QED) is 0.715. The van der Waals surface area contributed by atoms with Gasteiger partial charge in [-0.2, -0.15) is 0 Å². The zero-order valence-electron chi connectivity index (χ0n) is 8.02. The van der Waals surface area contributed by atoms with E-state index in [1.54, 1.807) is 35.8 Å². The maximum absolute atomic E-state index is 11.6. The predicted octanol–water partition coefficient (Wildman–Crippen LogP) is 2.00. The molecule has 1 amide bonds. The molecule has 4 heteroatoms. The van der Waals surface area contributed by atoms with Gasteiger partial charge in [-0.25, -0.2) is 4.98 Å². The standard InChI is InChI=1S/C10H10N2OS/c1-12(2)10(13)7-3-4-8-9(5-7)14-6-11-8/h3-6H,1-2H3. The number of hydrogen-bond acceptors (Lipinski definition) is 3. The van der Waals surface area contributed by atoms with Gasteiger partial charge in [-0.1, -0.05) is 0 Å². The van der Waals surface area contributed by atoms with Crippen LogP contribution in [0.15, 0.2) is 23.7 Å². The highest BCUT2D eigenvalue weighted by Crippen LogP contribution is 2.19. The third-order valence-electron chi connectivity index (χ3n) is 1.98. The van der Waals surface area contributed by atoms with E-state index in [9.17, 15) is 4.79 Å². The number of benzene rings is 1. The van der Waals surface area contributed by atoms with E-state index in [-0.39, 0.29) is 5.91 Å². The monoisotopic (exact) mass is 206 g/mol. The van der Waals surface area contributed by atoms with Gasteiger partial charge in [-0.05, 0) is 18.2 Å². The molecule has 0 unspecified atom stereocenters. The lowest BCUT2D eigenvalue weighted by Crippen LogP contribution is -2.21. The Morgan fingerprint density at radius 2 is 2.21 bits per heavy atom. The molecule has 1 aromatic heterocycles. The molecular weight excluding hydrogens is 196 g/mol. The lowest BCUT2D eigenvalue weighted by molar-refractivity contribution is 0.0828. The van der Waals surface area contributed by atoms with Crippen molar-refractivity contribution in [3.05, 3.63) is 29.3 Å². The summed E-state index contributed by atoms with van der Waals surface area (Å²) in [7, 11) is 3.50. The molecule has 2 rings (SSSR count). The van der Waals surface area contributed by atoms with Crippen LogP contribution in [-0.2, 0) is 0 Å². The summed E-state index contributed by atoms with van der Waals surface area (Å²) in [5.41, 5.74) is 3.45. The van der Waals surface area contributed by atoms with Crippen molar-refractivity contribution in [1.29, 1.82) is 0 Å². The Morgan fingerprint density at radius 1 is 1.43 bits per heavy atom. The number of fused-ring (bicyclic) bond motifs is 1. The molecule has 14 heavy (non-hydrogen) atoms. The lowest BCUT2D eigenvalue weighted by atomic mass is 10.2. The minimum Gasteiger partial charge on any atom is -0.345 e. The number of carbonyl (C=O) groups excluding carboxylic acids is 1. The van der Waals surface area contributed by atoms with Crippen LogP contribution in [0.2, 0.25) is 0 Å². The van der Waals surface area contributed by atoms with Crippen molar-refractivity contribution in [1.82, 2.24) is 9.88 Å². The molecule has 0 saturated carbocycles. The summed E-state index contributed by atoms with van der Waals surface area (Å²) in [6, 6.07) is 5.57. The van der Waals surface area contributed by atoms with Crippen LogP contribution in [0.5, 0.6) is 0 Å². The highest BCUT2D eigenvalue weighted by atomic mass is 32.1. The van der Waals surface area contributed by atoms with E-state index < -0.39 is 0 Å². The van der Waals surface area contributed by atoms with Crippen molar-refractivity contribution in [3.8, 4) is 0 Å². The number of thiazole rings is 1. The summed E-state index contributed by atoms with van der Waals surface area (Å²) in [5, 5.41) is 0. The van der Waals surface area contributed by atoms with E-state index in [0.29, 0.717) is 5.56 Å². The molecule has 2 aromatic rings. The molecule has 0 N–H and O–H groups in total. The number of hydrogen-bond donors (Lipinski definition) is 0. The summed E-state index contributed by atoms with van der Waals surface area (Å²) in [6.07, 6.45) is 0. The first-order chi connectivity index (χ1) is 6.68. The zero-order valence-corrected chi connectivity index (χ0v) is 8.84. The van der Waals surface area contributed by atoms with Crippen LogP contribution in [-0.4, -0.2) is 29.9 Å². The van der Waals surface area contributed by atoms with Crippen LogP contribution in [0.25, 0.3) is 10.2 Å². The molecule has 0 aliphatic carbocycles. The molecule has 0 fully saturated rings. The number of amides is 1. The minimum atomic E-state index is 0.0281. The van der Waals surface area contributed by atoms with Gasteiger partial charge in [0.2, 0.25) is 0 Å². The molecule has 0 saturated heterocycles. The number of rotatable bonds is 1. The first-order valence-electron chi connectivity index (χ1n) is 4.23. The Hall–Kier alpha value is -1.42. The maximum atomic E-state index is 11.6. The fraction of sp³-hybridized carbons (Fsp3) is 0.200. The number of aromatic nitrogens is 1. The fourth-order valence-corrected chi connectivity index (χ4v) is 1.96. The Balaban J connectivity index is 2.48. The molecule has 1 aromatic carbocycles. The van der Waals surface area contributed by atoms with E-state index in [1.807, 2.05) is 18.2 Å². The molecule has 1 heterocycles. The van der Waals surface area contributed by atoms with Gasteiger partial charge in [-0.15, -0.1) is 11.3 Å². The molecule has 0 atom stereocenters. The molecule has 0 bridgehead atoms. The van der Waals surface area contributed by atoms with Crippen molar-refractivity contribution in [2.75, 3.05) is 14.1 Å². The number of nitrogens with zero attached hydrogens (tertiary/aromatic N) is 2. The van der Waals surface area contributed by atoms with E-state index in [2.05, 4.69) is 4.98 Å². The van der Waals surface area contributed by atoms with Gasteiger partial charge in [0.25, 0.3) is 5.91 Å². The third-order valence-corrected chi connectivity index (χ3v) is 2.78. The Bertz CT molecular complexity index is 476. The van der Waals surface area contributed by atoms with E-state index in [0.717, 1.165) is 10.2 Å². The Kier molecular flexibility index (Phi) is 2.21. The first-order valence-corrected chi connectivity index (χ1v) is 5.11. The van der Waals surface area contributed by atoms with Gasteiger partial charge < -0.3 is 4.90 Å². The van der Waals surface area contributed by atoms with Gasteiger partial charge >= 0.3 is 0 Å². The fourth-order valence-electron chi connectivity index (χ4n) is 1.25. The van der Waals surface area contributed by atoms with Crippen LogP contribution in [0.1, 0.15) is 10.4 Å². The highest BCUT2D eigenvalue weighted by molar-refractivity contribution is 7.16. The molecule has 72 valence electrons. The summed E-state index contributed by atoms with van der Waals surface area (Å²) in [6.45, 7) is 0. The van der Waals surface area contributed by atoms with E-state index >= 15 is 0 Å².